The number of benzene rings is 1. The van der Waals surface area contributed by atoms with Gasteiger partial charge in [0.15, 0.2) is 11.5 Å². The number of ether oxygens (including phenoxy) is 1. The molecule has 0 fully saturated rings. The fraction of sp³-hybridized carbons (Fsp3) is 0.364. The van der Waals surface area contributed by atoms with Crippen molar-refractivity contribution in [1.82, 2.24) is 0 Å². The van der Waals surface area contributed by atoms with Crippen molar-refractivity contribution in [2.45, 2.75) is 19.0 Å². The van der Waals surface area contributed by atoms with Gasteiger partial charge in [-0.15, -0.1) is 0 Å². The fourth-order valence-electron chi connectivity index (χ4n) is 0.911. The largest absolute Gasteiger partial charge is 0.504 e. The third-order valence-corrected chi connectivity index (χ3v) is 1.68. The Labute approximate surface area is 111 Å². The summed E-state index contributed by atoms with van der Waals surface area (Å²) in [6.07, 6.45) is -3.64. The highest BCUT2D eigenvalue weighted by molar-refractivity contribution is 5.76. The second-order valence-electron chi connectivity index (χ2n) is 2.83. The molecule has 0 spiro atoms. The highest BCUT2D eigenvalue weighted by Crippen LogP contribution is 2.28. The van der Waals surface area contributed by atoms with Gasteiger partial charge in [0.2, 0.25) is 0 Å². The summed E-state index contributed by atoms with van der Waals surface area (Å²) in [6.45, 7) is 1.01. The monoisotopic (exact) mass is 250 g/mol. The van der Waals surface area contributed by atoms with E-state index in [2.05, 4.69) is 15.0 Å². The van der Waals surface area contributed by atoms with Crippen molar-refractivity contribution in [2.75, 3.05) is 6.61 Å². The first-order valence-electron chi connectivity index (χ1n) is 8.72. The van der Waals surface area contributed by atoms with Gasteiger partial charge in [-0.2, -0.15) is 0 Å². The molecule has 6 heteroatoms. The van der Waals surface area contributed by atoms with Gasteiger partial charge in [-0.05, 0) is 24.6 Å². The van der Waals surface area contributed by atoms with Gasteiger partial charge >= 0.3 is 5.97 Å². The van der Waals surface area contributed by atoms with E-state index in [4.69, 9.17) is 12.5 Å². The zero-order valence-corrected chi connectivity index (χ0v) is 8.73. The molecule has 1 rings (SSSR count). The SMILES string of the molecule is [2H]Oc1c([2H])c([2H])c([C@]([2H])(O)[C@@]([2H])(C(=O)OCC)N([2H])[2H])c([2H])c1O[2H]. The van der Waals surface area contributed by atoms with Gasteiger partial charge in [-0.1, -0.05) is 6.04 Å². The standard InChI is InChI=1S/C11H15NO5/c1-2-17-11(16)9(12)10(15)6-3-4-7(13)8(14)5-6/h3-5,9-10,13-15H,2,12H2,1H3/t9-,10-/m0/s1/i3D,4D,5D,9D,10D/hD4. The first kappa shape index (κ1) is 5.24. The number of hydrogen-bond acceptors (Lipinski definition) is 6. The molecule has 0 bridgehead atoms. The van der Waals surface area contributed by atoms with E-state index < -0.39 is 59.0 Å². The van der Waals surface area contributed by atoms with Gasteiger partial charge in [0.1, 0.15) is 14.9 Å². The van der Waals surface area contributed by atoms with Crippen molar-refractivity contribution >= 4 is 5.97 Å². The second kappa shape index (κ2) is 5.51. The molecule has 0 aromatic heterocycles. The van der Waals surface area contributed by atoms with Crippen LogP contribution in [0.15, 0.2) is 18.1 Å². The Bertz CT molecular complexity index is 701. The predicted molar refractivity (Wildman–Crippen MR) is 59.3 cm³/mol. The van der Waals surface area contributed by atoms with E-state index in [1.54, 1.807) is 0 Å². The Hall–Kier alpha value is -1.79. The van der Waals surface area contributed by atoms with Crippen LogP contribution in [-0.2, 0) is 9.53 Å². The Kier molecular flexibility index (Phi) is 1.70. The van der Waals surface area contributed by atoms with Crippen molar-refractivity contribution < 1.29 is 34.5 Å². The van der Waals surface area contributed by atoms with Gasteiger partial charge in [-0.25, -0.2) is 0 Å². The maximum absolute atomic E-state index is 12.0. The summed E-state index contributed by atoms with van der Waals surface area (Å²) >= 11 is 0. The molecular weight excluding hydrogens is 226 g/mol. The van der Waals surface area contributed by atoms with Gasteiger partial charge < -0.3 is 25.8 Å². The molecule has 0 radical (unpaired) electrons. The predicted octanol–water partition coefficient (Wildman–Crippen LogP) is 0.0216. The molecule has 0 aliphatic rings. The minimum absolute atomic E-state index is 0.318. The van der Waals surface area contributed by atoms with E-state index in [-0.39, 0.29) is 6.61 Å². The van der Waals surface area contributed by atoms with Crippen molar-refractivity contribution in [1.29, 1.82) is 2.86 Å². The van der Waals surface area contributed by atoms with Crippen LogP contribution in [0, 0.1) is 0 Å². The molecular formula is C11H15NO5. The molecule has 0 unspecified atom stereocenters. The number of carbonyl (C=O) groups excluding carboxylic acids is 1. The van der Waals surface area contributed by atoms with Crippen LogP contribution >= 0.6 is 0 Å². The Balaban J connectivity index is 3.86. The molecule has 1 aromatic rings. The summed E-state index contributed by atoms with van der Waals surface area (Å²) in [4.78, 5) is 12.0. The summed E-state index contributed by atoms with van der Waals surface area (Å²) in [5.74, 6) is -3.47. The number of aromatic hydroxyl groups is 2. The Morgan fingerprint density at radius 3 is 3.06 bits per heavy atom. The highest BCUT2D eigenvalue weighted by atomic mass is 16.5. The van der Waals surface area contributed by atoms with E-state index in [0.717, 1.165) is 0 Å². The first-order valence-corrected chi connectivity index (χ1v) is 4.51. The summed E-state index contributed by atoms with van der Waals surface area (Å²) in [5, 5.41) is 18.6. The van der Waals surface area contributed by atoms with Crippen LogP contribution in [0.5, 0.6) is 11.5 Å². The minimum atomic E-state index is -3.64. The van der Waals surface area contributed by atoms with Crippen molar-refractivity contribution in [3.8, 4) is 11.5 Å². The first-order chi connectivity index (χ1) is 11.9. The van der Waals surface area contributed by atoms with Gasteiger partial charge in [-0.3, -0.25) is 4.79 Å². The van der Waals surface area contributed by atoms with Crippen LogP contribution in [0.4, 0.5) is 0 Å². The van der Waals surface area contributed by atoms with Crippen LogP contribution in [0.2, 0.25) is 2.82 Å². The zero-order valence-electron chi connectivity index (χ0n) is 17.7. The molecule has 17 heavy (non-hydrogen) atoms. The van der Waals surface area contributed by atoms with Crippen molar-refractivity contribution in [2.24, 2.45) is 5.72 Å². The zero-order chi connectivity index (χ0) is 20.4. The lowest BCUT2D eigenvalue weighted by molar-refractivity contribution is -0.147. The molecule has 0 saturated heterocycles. The molecule has 0 aliphatic heterocycles. The smallest absolute Gasteiger partial charge is 0.325 e. The Morgan fingerprint density at radius 1 is 1.71 bits per heavy atom. The average molecular weight is 250 g/mol. The number of phenolic OH excluding ortho intramolecular Hbond substituents is 2. The summed E-state index contributed by atoms with van der Waals surface area (Å²) in [6, 6.07) is -6.67. The number of esters is 1. The number of aliphatic hydroxyl groups is 1. The lowest BCUT2D eigenvalue weighted by atomic mass is 10.0. The Morgan fingerprint density at radius 2 is 2.47 bits per heavy atom. The average Bonchev–Trinajstić information content (AvgIpc) is 2.56. The lowest BCUT2D eigenvalue weighted by Gasteiger charge is -2.17. The number of carbonyl (C=O) groups is 1. The molecule has 6 nitrogen and oxygen atoms in total. The van der Waals surface area contributed by atoms with E-state index in [1.165, 1.54) is 6.92 Å². The van der Waals surface area contributed by atoms with Crippen LogP contribution in [-0.4, -0.2) is 36.8 Å². The molecule has 0 amide bonds. The molecule has 94 valence electrons. The van der Waals surface area contributed by atoms with E-state index in [9.17, 15) is 9.90 Å². The lowest BCUT2D eigenvalue weighted by Crippen LogP contribution is -2.38. The molecule has 0 heterocycles. The van der Waals surface area contributed by atoms with E-state index in [1.807, 2.05) is 0 Å². The topological polar surface area (TPSA) is 113 Å². The molecule has 5 N–H and O–H groups in total. The molecule has 1 aromatic carbocycles. The quantitative estimate of drug-likeness (QED) is 0.401. The number of phenols is 2. The molecule has 0 aliphatic carbocycles. The second-order valence-corrected chi connectivity index (χ2v) is 2.83. The summed E-state index contributed by atoms with van der Waals surface area (Å²) in [7, 11) is 0. The maximum atomic E-state index is 12.0. The summed E-state index contributed by atoms with van der Waals surface area (Å²) < 4.78 is 72.1. The van der Waals surface area contributed by atoms with Crippen LogP contribution < -0.4 is 5.72 Å². The summed E-state index contributed by atoms with van der Waals surface area (Å²) in [5.41, 5.74) is -1.82. The normalized spacial score (nSPS) is 25.0. The van der Waals surface area contributed by atoms with Crippen molar-refractivity contribution in [3.63, 3.8) is 0 Å². The third-order valence-electron chi connectivity index (χ3n) is 1.68. The van der Waals surface area contributed by atoms with Crippen LogP contribution in [0.1, 0.15) is 25.4 Å². The van der Waals surface area contributed by atoms with Crippen molar-refractivity contribution in [3.05, 3.63) is 23.7 Å². The number of hydrogen-bond donors (Lipinski definition) is 4. The van der Waals surface area contributed by atoms with Crippen LogP contribution in [0.3, 0.4) is 0 Å². The third kappa shape index (κ3) is 3.08. The van der Waals surface area contributed by atoms with Gasteiger partial charge in [0.05, 0.1) is 13.5 Å². The maximum Gasteiger partial charge on any atom is 0.325 e. The van der Waals surface area contributed by atoms with E-state index in [0.29, 0.717) is 0 Å². The van der Waals surface area contributed by atoms with Gasteiger partial charge in [0, 0.05) is 0 Å². The van der Waals surface area contributed by atoms with Gasteiger partial charge in [0.25, 0.3) is 2.86 Å². The van der Waals surface area contributed by atoms with Crippen LogP contribution in [0.25, 0.3) is 0 Å². The highest BCUT2D eigenvalue weighted by Gasteiger charge is 2.25. The molecule has 2 atom stereocenters. The number of rotatable bonds is 7. The van der Waals surface area contributed by atoms with E-state index >= 15 is 0 Å². The fourth-order valence-corrected chi connectivity index (χ4v) is 0.911. The molecule has 0 saturated carbocycles. The number of nitrogens with two attached hydrogens (primary N) is 1. The minimum Gasteiger partial charge on any atom is -0.504 e.